The molecular weight excluding hydrogens is 270 g/mol. The van der Waals surface area contributed by atoms with Crippen LogP contribution in [0.3, 0.4) is 0 Å². The van der Waals surface area contributed by atoms with Crippen LogP contribution in [0, 0.1) is 0 Å². The molecule has 0 aliphatic carbocycles. The zero-order valence-corrected chi connectivity index (χ0v) is 12.6. The summed E-state index contributed by atoms with van der Waals surface area (Å²) in [4.78, 5) is 1.99. The molecule has 0 aliphatic rings. The van der Waals surface area contributed by atoms with Crippen molar-refractivity contribution in [3.05, 3.63) is 70.7 Å². The van der Waals surface area contributed by atoms with E-state index in [4.69, 9.17) is 11.6 Å². The Kier molecular flexibility index (Phi) is 5.18. The number of benzene rings is 2. The van der Waals surface area contributed by atoms with Gasteiger partial charge in [-0.25, -0.2) is 0 Å². The van der Waals surface area contributed by atoms with Crippen molar-refractivity contribution in [2.45, 2.75) is 12.0 Å². The Hall–Kier alpha value is -1.35. The first-order valence-electron chi connectivity index (χ1n) is 6.71. The fourth-order valence-corrected chi connectivity index (χ4v) is 2.68. The second-order valence-corrected chi connectivity index (χ2v) is 5.71. The van der Waals surface area contributed by atoms with Crippen LogP contribution < -0.4 is 0 Å². The van der Waals surface area contributed by atoms with E-state index in [1.807, 2.05) is 73.6 Å². The average molecular weight is 290 g/mol. The Labute approximate surface area is 125 Å². The van der Waals surface area contributed by atoms with E-state index in [1.54, 1.807) is 0 Å². The summed E-state index contributed by atoms with van der Waals surface area (Å²) in [5.74, 6) is -0.0719. The lowest BCUT2D eigenvalue weighted by atomic mass is 9.86. The van der Waals surface area contributed by atoms with E-state index in [2.05, 4.69) is 0 Å². The van der Waals surface area contributed by atoms with Crippen LogP contribution >= 0.6 is 11.6 Å². The van der Waals surface area contributed by atoms with E-state index in [0.717, 1.165) is 11.1 Å². The lowest BCUT2D eigenvalue weighted by Gasteiger charge is -2.26. The van der Waals surface area contributed by atoms with Gasteiger partial charge in [0.05, 0.1) is 6.10 Å². The van der Waals surface area contributed by atoms with E-state index in [0.29, 0.717) is 11.6 Å². The molecule has 2 aromatic rings. The van der Waals surface area contributed by atoms with Crippen LogP contribution in [0.1, 0.15) is 17.0 Å². The van der Waals surface area contributed by atoms with Crippen LogP contribution in [0.4, 0.5) is 0 Å². The third-order valence-electron chi connectivity index (χ3n) is 3.30. The van der Waals surface area contributed by atoms with Crippen LogP contribution in [0.2, 0.25) is 5.02 Å². The van der Waals surface area contributed by atoms with Gasteiger partial charge in [0, 0.05) is 17.5 Å². The standard InChI is InChI=1S/C17H20ClNO/c1-19(2)12-16(20)17(13-7-4-3-5-8-13)14-9-6-10-15(18)11-14/h3-11,16-17,20H,12H2,1-2H3. The quantitative estimate of drug-likeness (QED) is 0.912. The maximum absolute atomic E-state index is 10.6. The number of nitrogens with zero attached hydrogens (tertiary/aromatic N) is 1. The monoisotopic (exact) mass is 289 g/mol. The predicted molar refractivity (Wildman–Crippen MR) is 84.3 cm³/mol. The largest absolute Gasteiger partial charge is 0.391 e. The first-order valence-corrected chi connectivity index (χ1v) is 7.09. The molecular formula is C17H20ClNO. The summed E-state index contributed by atoms with van der Waals surface area (Å²) >= 11 is 6.09. The van der Waals surface area contributed by atoms with E-state index in [-0.39, 0.29) is 5.92 Å². The molecule has 2 atom stereocenters. The normalized spacial score (nSPS) is 14.2. The van der Waals surface area contributed by atoms with Crippen molar-refractivity contribution in [1.82, 2.24) is 4.90 Å². The van der Waals surface area contributed by atoms with Crippen LogP contribution in [0.25, 0.3) is 0 Å². The highest BCUT2D eigenvalue weighted by Crippen LogP contribution is 2.30. The maximum atomic E-state index is 10.6. The van der Waals surface area contributed by atoms with Crippen molar-refractivity contribution >= 4 is 11.6 Å². The highest BCUT2D eigenvalue weighted by Gasteiger charge is 2.23. The summed E-state index contributed by atoms with van der Waals surface area (Å²) in [6.07, 6.45) is -0.481. The molecule has 0 fully saturated rings. The molecule has 0 amide bonds. The summed E-state index contributed by atoms with van der Waals surface area (Å²) in [6.45, 7) is 0.603. The Balaban J connectivity index is 2.39. The SMILES string of the molecule is CN(C)CC(O)C(c1ccccc1)c1cccc(Cl)c1. The van der Waals surface area contributed by atoms with Gasteiger partial charge in [-0.05, 0) is 37.4 Å². The Morgan fingerprint density at radius 3 is 2.25 bits per heavy atom. The fourth-order valence-electron chi connectivity index (χ4n) is 2.48. The second-order valence-electron chi connectivity index (χ2n) is 5.27. The number of hydrogen-bond acceptors (Lipinski definition) is 2. The van der Waals surface area contributed by atoms with Crippen LogP contribution in [0.15, 0.2) is 54.6 Å². The Bertz CT molecular complexity index is 542. The van der Waals surface area contributed by atoms with Crippen molar-refractivity contribution in [3.63, 3.8) is 0 Å². The summed E-state index contributed by atoms with van der Waals surface area (Å²) in [5.41, 5.74) is 2.14. The molecule has 0 saturated carbocycles. The van der Waals surface area contributed by atoms with Gasteiger partial charge in [0.15, 0.2) is 0 Å². The molecule has 0 aliphatic heterocycles. The van der Waals surface area contributed by atoms with E-state index < -0.39 is 6.10 Å². The first kappa shape index (κ1) is 15.0. The molecule has 0 radical (unpaired) electrons. The van der Waals surface area contributed by atoms with Gasteiger partial charge in [0.25, 0.3) is 0 Å². The van der Waals surface area contributed by atoms with Gasteiger partial charge >= 0.3 is 0 Å². The summed E-state index contributed by atoms with van der Waals surface area (Å²) in [7, 11) is 3.92. The molecule has 2 rings (SSSR count). The molecule has 0 saturated heterocycles. The van der Waals surface area contributed by atoms with Crippen molar-refractivity contribution in [1.29, 1.82) is 0 Å². The van der Waals surface area contributed by atoms with Gasteiger partial charge in [-0.1, -0.05) is 54.1 Å². The number of halogens is 1. The smallest absolute Gasteiger partial charge is 0.0775 e. The van der Waals surface area contributed by atoms with Gasteiger partial charge < -0.3 is 10.0 Å². The zero-order valence-electron chi connectivity index (χ0n) is 11.8. The van der Waals surface area contributed by atoms with Crippen LogP contribution in [-0.4, -0.2) is 36.8 Å². The molecule has 0 spiro atoms. The van der Waals surface area contributed by atoms with Gasteiger partial charge in [-0.15, -0.1) is 0 Å². The lowest BCUT2D eigenvalue weighted by molar-refractivity contribution is 0.121. The van der Waals surface area contributed by atoms with Gasteiger partial charge in [-0.3, -0.25) is 0 Å². The first-order chi connectivity index (χ1) is 9.58. The molecule has 2 aromatic carbocycles. The van der Waals surface area contributed by atoms with Crippen molar-refractivity contribution in [2.75, 3.05) is 20.6 Å². The average Bonchev–Trinajstić information content (AvgIpc) is 2.39. The maximum Gasteiger partial charge on any atom is 0.0775 e. The summed E-state index contributed by atoms with van der Waals surface area (Å²) in [6, 6.07) is 17.8. The van der Waals surface area contributed by atoms with Crippen molar-refractivity contribution in [3.8, 4) is 0 Å². The predicted octanol–water partition coefficient (Wildman–Crippen LogP) is 3.39. The molecule has 106 valence electrons. The van der Waals surface area contributed by atoms with E-state index in [1.165, 1.54) is 0 Å². The molecule has 0 heterocycles. The number of hydrogen-bond donors (Lipinski definition) is 1. The fraction of sp³-hybridized carbons (Fsp3) is 0.294. The summed E-state index contributed by atoms with van der Waals surface area (Å²) in [5, 5.41) is 11.3. The highest BCUT2D eigenvalue weighted by atomic mass is 35.5. The minimum atomic E-state index is -0.481. The number of aliphatic hydroxyl groups excluding tert-OH is 1. The minimum Gasteiger partial charge on any atom is -0.391 e. The van der Waals surface area contributed by atoms with Crippen molar-refractivity contribution < 1.29 is 5.11 Å². The van der Waals surface area contributed by atoms with Gasteiger partial charge in [0.1, 0.15) is 0 Å². The summed E-state index contributed by atoms with van der Waals surface area (Å²) < 4.78 is 0. The number of likely N-dealkylation sites (N-methyl/N-ethyl adjacent to an activating group) is 1. The molecule has 3 heteroatoms. The molecule has 20 heavy (non-hydrogen) atoms. The minimum absolute atomic E-state index is 0.0719. The Morgan fingerprint density at radius 1 is 1.00 bits per heavy atom. The highest BCUT2D eigenvalue weighted by molar-refractivity contribution is 6.30. The van der Waals surface area contributed by atoms with Crippen LogP contribution in [-0.2, 0) is 0 Å². The molecule has 1 N–H and O–H groups in total. The van der Waals surface area contributed by atoms with Gasteiger partial charge in [-0.2, -0.15) is 0 Å². The van der Waals surface area contributed by atoms with E-state index in [9.17, 15) is 5.11 Å². The zero-order chi connectivity index (χ0) is 14.5. The van der Waals surface area contributed by atoms with Gasteiger partial charge in [0.2, 0.25) is 0 Å². The molecule has 0 aromatic heterocycles. The Morgan fingerprint density at radius 2 is 1.65 bits per heavy atom. The number of rotatable bonds is 5. The third kappa shape index (κ3) is 3.83. The molecule has 0 bridgehead atoms. The number of aliphatic hydroxyl groups is 1. The molecule has 2 unspecified atom stereocenters. The van der Waals surface area contributed by atoms with Crippen molar-refractivity contribution in [2.24, 2.45) is 0 Å². The topological polar surface area (TPSA) is 23.5 Å². The lowest BCUT2D eigenvalue weighted by Crippen LogP contribution is -2.31. The third-order valence-corrected chi connectivity index (χ3v) is 3.54. The van der Waals surface area contributed by atoms with E-state index >= 15 is 0 Å². The second kappa shape index (κ2) is 6.89. The molecule has 2 nitrogen and oxygen atoms in total. The van der Waals surface area contributed by atoms with Crippen LogP contribution in [0.5, 0.6) is 0 Å².